The van der Waals surface area contributed by atoms with Crippen LogP contribution in [0, 0.1) is 0 Å². The summed E-state index contributed by atoms with van der Waals surface area (Å²) in [6.07, 6.45) is 7.12. The highest BCUT2D eigenvalue weighted by molar-refractivity contribution is 6.74. The van der Waals surface area contributed by atoms with Crippen LogP contribution in [0.25, 0.3) is 0 Å². The van der Waals surface area contributed by atoms with Gasteiger partial charge in [0.05, 0.1) is 0 Å². The summed E-state index contributed by atoms with van der Waals surface area (Å²) in [5, 5.41) is 0.178. The SMILES string of the molecule is C=C1CCC(c2ccc(O[Si](C)(C)CCCC)cc2O[Si](C)(C)C(C)(C)C)CC1. The van der Waals surface area contributed by atoms with Gasteiger partial charge in [-0.05, 0) is 80.5 Å². The Kier molecular flexibility index (Phi) is 7.88. The summed E-state index contributed by atoms with van der Waals surface area (Å²) >= 11 is 0. The Hall–Kier alpha value is -1.01. The average molecular weight is 433 g/mol. The van der Waals surface area contributed by atoms with Crippen molar-refractivity contribution >= 4 is 16.6 Å². The van der Waals surface area contributed by atoms with Gasteiger partial charge in [-0.2, -0.15) is 0 Å². The largest absolute Gasteiger partial charge is 0.544 e. The topological polar surface area (TPSA) is 18.5 Å². The molecule has 1 fully saturated rings. The van der Waals surface area contributed by atoms with E-state index in [1.54, 1.807) is 0 Å². The Morgan fingerprint density at radius 1 is 1.03 bits per heavy atom. The maximum Gasteiger partial charge on any atom is 0.250 e. The molecule has 0 saturated heterocycles. The van der Waals surface area contributed by atoms with Crippen molar-refractivity contribution in [3.8, 4) is 11.5 Å². The Morgan fingerprint density at radius 2 is 1.66 bits per heavy atom. The van der Waals surface area contributed by atoms with Gasteiger partial charge in [-0.1, -0.05) is 58.8 Å². The number of benzene rings is 1. The molecule has 0 radical (unpaired) electrons. The summed E-state index contributed by atoms with van der Waals surface area (Å²) < 4.78 is 13.4. The van der Waals surface area contributed by atoms with Crippen molar-refractivity contribution in [1.82, 2.24) is 0 Å². The lowest BCUT2D eigenvalue weighted by Crippen LogP contribution is -2.44. The van der Waals surface area contributed by atoms with Crippen LogP contribution < -0.4 is 8.85 Å². The summed E-state index contributed by atoms with van der Waals surface area (Å²) in [6.45, 7) is 22.7. The van der Waals surface area contributed by atoms with Crippen molar-refractivity contribution in [1.29, 1.82) is 0 Å². The third-order valence-electron chi connectivity index (χ3n) is 6.82. The molecule has 0 unspecified atom stereocenters. The molecule has 0 aliphatic heterocycles. The van der Waals surface area contributed by atoms with Crippen LogP contribution in [0.1, 0.15) is 77.7 Å². The molecule has 1 saturated carbocycles. The van der Waals surface area contributed by atoms with Crippen molar-refractivity contribution in [2.24, 2.45) is 0 Å². The standard InChI is InChI=1S/C25H44O2Si2/c1-10-11-18-28(6,7)26-22-16-17-23(21-14-12-20(2)13-15-21)24(19-22)27-29(8,9)25(3,4)5/h16-17,19,21H,2,10-15,18H2,1,3-9H3. The highest BCUT2D eigenvalue weighted by Gasteiger charge is 2.40. The van der Waals surface area contributed by atoms with Gasteiger partial charge in [0.15, 0.2) is 0 Å². The lowest BCUT2D eigenvalue weighted by molar-refractivity contribution is 0.457. The second-order valence-electron chi connectivity index (χ2n) is 11.1. The number of unbranched alkanes of at least 4 members (excludes halogenated alkanes) is 1. The van der Waals surface area contributed by atoms with Crippen molar-refractivity contribution in [2.75, 3.05) is 0 Å². The lowest BCUT2D eigenvalue weighted by atomic mass is 9.82. The normalized spacial score (nSPS) is 16.8. The summed E-state index contributed by atoms with van der Waals surface area (Å²) in [5.74, 6) is 2.64. The van der Waals surface area contributed by atoms with Gasteiger partial charge in [0.25, 0.3) is 0 Å². The van der Waals surface area contributed by atoms with Gasteiger partial charge in [-0.15, -0.1) is 0 Å². The molecule has 0 bridgehead atoms. The average Bonchev–Trinajstić information content (AvgIpc) is 2.60. The van der Waals surface area contributed by atoms with Crippen molar-refractivity contribution < 1.29 is 8.85 Å². The van der Waals surface area contributed by atoms with E-state index in [9.17, 15) is 0 Å². The first kappa shape index (κ1) is 24.3. The van der Waals surface area contributed by atoms with Gasteiger partial charge in [-0.25, -0.2) is 0 Å². The molecule has 0 spiro atoms. The molecular weight excluding hydrogens is 388 g/mol. The molecule has 1 aliphatic rings. The molecule has 1 aliphatic carbocycles. The first-order valence-electron chi connectivity index (χ1n) is 11.5. The zero-order valence-corrected chi connectivity index (χ0v) is 22.3. The van der Waals surface area contributed by atoms with E-state index in [1.165, 1.54) is 42.9 Å². The summed E-state index contributed by atoms with van der Waals surface area (Å²) in [4.78, 5) is 0. The molecule has 1 aromatic carbocycles. The summed E-state index contributed by atoms with van der Waals surface area (Å²) in [5.41, 5.74) is 2.78. The molecule has 0 amide bonds. The fourth-order valence-electron chi connectivity index (χ4n) is 3.74. The molecule has 0 heterocycles. The Balaban J connectivity index is 2.34. The van der Waals surface area contributed by atoms with E-state index >= 15 is 0 Å². The minimum atomic E-state index is -1.92. The van der Waals surface area contributed by atoms with Gasteiger partial charge in [0.2, 0.25) is 16.6 Å². The number of allylic oxidation sites excluding steroid dienone is 1. The molecule has 0 atom stereocenters. The Labute approximate surface area is 182 Å². The van der Waals surface area contributed by atoms with Crippen LogP contribution in [0.4, 0.5) is 0 Å². The quantitative estimate of drug-likeness (QED) is 0.302. The van der Waals surface area contributed by atoms with Crippen molar-refractivity contribution in [2.45, 2.75) is 109 Å². The number of hydrogen-bond donors (Lipinski definition) is 0. The van der Waals surface area contributed by atoms with Gasteiger partial charge in [0, 0.05) is 6.07 Å². The van der Waals surface area contributed by atoms with E-state index in [4.69, 9.17) is 8.85 Å². The monoisotopic (exact) mass is 432 g/mol. The molecule has 2 nitrogen and oxygen atoms in total. The smallest absolute Gasteiger partial charge is 0.250 e. The Morgan fingerprint density at radius 3 is 2.21 bits per heavy atom. The molecule has 1 aromatic rings. The first-order chi connectivity index (χ1) is 13.3. The van der Waals surface area contributed by atoms with Crippen molar-refractivity contribution in [3.63, 3.8) is 0 Å². The molecule has 29 heavy (non-hydrogen) atoms. The zero-order valence-electron chi connectivity index (χ0n) is 20.3. The minimum Gasteiger partial charge on any atom is -0.544 e. The van der Waals surface area contributed by atoms with E-state index in [0.717, 1.165) is 24.3 Å². The van der Waals surface area contributed by atoms with Gasteiger partial charge in [-0.3, -0.25) is 0 Å². The van der Waals surface area contributed by atoms with Crippen LogP contribution in [0.3, 0.4) is 0 Å². The highest BCUT2D eigenvalue weighted by Crippen LogP contribution is 2.44. The van der Waals surface area contributed by atoms with Crippen LogP contribution in [0.15, 0.2) is 30.4 Å². The maximum atomic E-state index is 6.87. The second kappa shape index (κ2) is 9.42. The van der Waals surface area contributed by atoms with Crippen LogP contribution in [0.5, 0.6) is 11.5 Å². The molecule has 0 aromatic heterocycles. The number of rotatable bonds is 8. The summed E-state index contributed by atoms with van der Waals surface area (Å²) in [7, 11) is -3.62. The molecular formula is C25H44O2Si2. The molecule has 164 valence electrons. The van der Waals surface area contributed by atoms with Crippen LogP contribution >= 0.6 is 0 Å². The maximum absolute atomic E-state index is 6.87. The number of hydrogen-bond acceptors (Lipinski definition) is 2. The fourth-order valence-corrected chi connectivity index (χ4v) is 6.85. The van der Waals surface area contributed by atoms with Gasteiger partial charge < -0.3 is 8.85 Å². The zero-order chi connectivity index (χ0) is 21.9. The van der Waals surface area contributed by atoms with E-state index in [1.807, 2.05) is 0 Å². The third kappa shape index (κ3) is 6.75. The van der Waals surface area contributed by atoms with Crippen LogP contribution in [-0.4, -0.2) is 16.6 Å². The van der Waals surface area contributed by atoms with Crippen LogP contribution in [-0.2, 0) is 0 Å². The molecule has 0 N–H and O–H groups in total. The highest BCUT2D eigenvalue weighted by atomic mass is 28.4. The second-order valence-corrected chi connectivity index (χ2v) is 20.0. The predicted molar refractivity (Wildman–Crippen MR) is 132 cm³/mol. The van der Waals surface area contributed by atoms with E-state index < -0.39 is 16.6 Å². The lowest BCUT2D eigenvalue weighted by Gasteiger charge is -2.38. The summed E-state index contributed by atoms with van der Waals surface area (Å²) in [6, 6.07) is 7.90. The van der Waals surface area contributed by atoms with Gasteiger partial charge in [0.1, 0.15) is 11.5 Å². The molecule has 4 heteroatoms. The van der Waals surface area contributed by atoms with Crippen LogP contribution in [0.2, 0.25) is 37.3 Å². The van der Waals surface area contributed by atoms with Crippen molar-refractivity contribution in [3.05, 3.63) is 35.9 Å². The predicted octanol–water partition coefficient (Wildman–Crippen LogP) is 8.67. The van der Waals surface area contributed by atoms with E-state index in [0.29, 0.717) is 5.92 Å². The minimum absolute atomic E-state index is 0.178. The van der Waals surface area contributed by atoms with Gasteiger partial charge >= 0.3 is 0 Å². The fraction of sp³-hybridized carbons (Fsp3) is 0.680. The molecule has 2 rings (SSSR count). The third-order valence-corrected chi connectivity index (χ3v) is 13.5. The first-order valence-corrected chi connectivity index (χ1v) is 17.6. The van der Waals surface area contributed by atoms with E-state index in [-0.39, 0.29) is 5.04 Å². The Bertz CT molecular complexity index is 691. The van der Waals surface area contributed by atoms with E-state index in [2.05, 4.69) is 78.7 Å².